The molecule has 0 bridgehead atoms. The van der Waals surface area contributed by atoms with E-state index >= 15 is 0 Å². The molecule has 0 aromatic rings. The first-order valence-corrected chi connectivity index (χ1v) is 13.5. The monoisotopic (exact) mass is 558 g/mol. The minimum absolute atomic E-state index is 0.0825. The van der Waals surface area contributed by atoms with Crippen molar-refractivity contribution >= 4 is 29.6 Å². The standard InChI is InChI=1S/C26H40F2N4O7/c1-25(2,3)20(31-24(37)38)23(36)32-12-15(14-8-10-39-13-14)11-18(32)21(34)30-17(7-9-26(4,27)28)19(33)22(35)29-16-5-6-16/h14-18,20,31H,5-13H2,1-4H3,(H,29,35)(H,30,34)(H,37,38)/t14-,15?,17-,18?,20+/m0/s1. The minimum Gasteiger partial charge on any atom is -0.465 e. The van der Waals surface area contributed by atoms with Crippen molar-refractivity contribution in [3.8, 4) is 0 Å². The van der Waals surface area contributed by atoms with Crippen LogP contribution in [0.4, 0.5) is 13.6 Å². The van der Waals surface area contributed by atoms with Gasteiger partial charge in [0.2, 0.25) is 23.5 Å². The summed E-state index contributed by atoms with van der Waals surface area (Å²) in [4.78, 5) is 65.3. The summed E-state index contributed by atoms with van der Waals surface area (Å²) in [5.41, 5.74) is -0.822. The molecule has 2 heterocycles. The van der Waals surface area contributed by atoms with Crippen LogP contribution in [0.25, 0.3) is 0 Å². The summed E-state index contributed by atoms with van der Waals surface area (Å²) in [5, 5.41) is 16.6. The number of Topliss-reactive ketones (excluding diaryl/α,β-unsaturated/α-hetero) is 1. The first-order valence-electron chi connectivity index (χ1n) is 13.5. The number of amides is 4. The molecular weight excluding hydrogens is 518 g/mol. The van der Waals surface area contributed by atoms with Gasteiger partial charge in [-0.15, -0.1) is 0 Å². The van der Waals surface area contributed by atoms with Gasteiger partial charge in [0, 0.05) is 32.2 Å². The number of hydrogen-bond acceptors (Lipinski definition) is 6. The third-order valence-electron chi connectivity index (χ3n) is 7.57. The van der Waals surface area contributed by atoms with E-state index in [2.05, 4.69) is 16.0 Å². The lowest BCUT2D eigenvalue weighted by Crippen LogP contribution is -2.59. The fourth-order valence-corrected chi connectivity index (χ4v) is 5.14. The predicted octanol–water partition coefficient (Wildman–Crippen LogP) is 1.69. The zero-order chi connectivity index (χ0) is 29.1. The zero-order valence-electron chi connectivity index (χ0n) is 22.9. The van der Waals surface area contributed by atoms with Gasteiger partial charge in [-0.05, 0) is 56.3 Å². The Bertz CT molecular complexity index is 955. The summed E-state index contributed by atoms with van der Waals surface area (Å²) in [5.74, 6) is -6.46. The van der Waals surface area contributed by atoms with Crippen molar-refractivity contribution in [3.63, 3.8) is 0 Å². The summed E-state index contributed by atoms with van der Waals surface area (Å²) in [6.07, 6.45) is -0.180. The fourth-order valence-electron chi connectivity index (χ4n) is 5.14. The molecule has 4 amide bonds. The number of likely N-dealkylation sites (tertiary alicyclic amines) is 1. The number of nitrogens with zero attached hydrogens (tertiary/aromatic N) is 1. The van der Waals surface area contributed by atoms with E-state index in [1.165, 1.54) is 4.90 Å². The van der Waals surface area contributed by atoms with Gasteiger partial charge in [-0.1, -0.05) is 20.8 Å². The minimum atomic E-state index is -3.12. The van der Waals surface area contributed by atoms with E-state index in [9.17, 15) is 37.9 Å². The molecule has 11 nitrogen and oxygen atoms in total. The highest BCUT2D eigenvalue weighted by molar-refractivity contribution is 6.38. The quantitative estimate of drug-likeness (QED) is 0.282. The number of ketones is 1. The Morgan fingerprint density at radius 3 is 2.21 bits per heavy atom. The van der Waals surface area contributed by atoms with Crippen LogP contribution in [0.1, 0.15) is 66.2 Å². The maximum atomic E-state index is 13.7. The molecule has 0 aromatic carbocycles. The molecule has 13 heteroatoms. The van der Waals surface area contributed by atoms with Crippen molar-refractivity contribution in [2.75, 3.05) is 19.8 Å². The van der Waals surface area contributed by atoms with Gasteiger partial charge < -0.3 is 30.7 Å². The van der Waals surface area contributed by atoms with E-state index in [0.29, 0.717) is 33.0 Å². The molecule has 3 rings (SSSR count). The molecule has 2 unspecified atom stereocenters. The number of ether oxygens (including phenoxy) is 1. The van der Waals surface area contributed by atoms with Crippen LogP contribution in [0.2, 0.25) is 0 Å². The van der Waals surface area contributed by atoms with Crippen molar-refractivity contribution in [1.82, 2.24) is 20.9 Å². The van der Waals surface area contributed by atoms with Gasteiger partial charge >= 0.3 is 6.09 Å². The lowest BCUT2D eigenvalue weighted by molar-refractivity contribution is -0.144. The number of carboxylic acid groups (broad SMARTS) is 1. The Balaban J connectivity index is 1.84. The van der Waals surface area contributed by atoms with Gasteiger partial charge in [-0.3, -0.25) is 19.2 Å². The van der Waals surface area contributed by atoms with Crippen LogP contribution in [0.5, 0.6) is 0 Å². The molecule has 2 aliphatic heterocycles. The number of halogens is 2. The lowest BCUT2D eigenvalue weighted by Gasteiger charge is -2.35. The van der Waals surface area contributed by atoms with E-state index in [-0.39, 0.29) is 30.8 Å². The van der Waals surface area contributed by atoms with Gasteiger partial charge in [-0.25, -0.2) is 13.6 Å². The van der Waals surface area contributed by atoms with Crippen LogP contribution >= 0.6 is 0 Å². The molecule has 1 saturated carbocycles. The number of rotatable bonds is 11. The Hall–Kier alpha value is -2.83. The van der Waals surface area contributed by atoms with Gasteiger partial charge in [0.15, 0.2) is 0 Å². The van der Waals surface area contributed by atoms with Crippen LogP contribution in [-0.2, 0) is 23.9 Å². The molecule has 2 saturated heterocycles. The number of alkyl halides is 2. The summed E-state index contributed by atoms with van der Waals surface area (Å²) in [6.45, 7) is 6.95. The second-order valence-electron chi connectivity index (χ2n) is 12.2. The SMILES string of the molecule is CC(F)(F)CC[C@H](NC(=O)C1CC([C@H]2CCOC2)CN1C(=O)[C@@H](NC(=O)O)C(C)(C)C)C(=O)C(=O)NC1CC1. The molecule has 220 valence electrons. The Morgan fingerprint density at radius 2 is 1.69 bits per heavy atom. The highest BCUT2D eigenvalue weighted by atomic mass is 19.3. The van der Waals surface area contributed by atoms with Crippen LogP contribution in [0, 0.1) is 17.3 Å². The van der Waals surface area contributed by atoms with Gasteiger partial charge in [0.25, 0.3) is 5.91 Å². The fraction of sp³-hybridized carbons (Fsp3) is 0.808. The van der Waals surface area contributed by atoms with Crippen LogP contribution in [0.15, 0.2) is 0 Å². The van der Waals surface area contributed by atoms with E-state index in [1.54, 1.807) is 20.8 Å². The Kier molecular flexibility index (Phi) is 9.56. The van der Waals surface area contributed by atoms with Crippen molar-refractivity contribution < 1.29 is 42.6 Å². The molecule has 5 atom stereocenters. The van der Waals surface area contributed by atoms with Crippen LogP contribution in [-0.4, -0.2) is 89.5 Å². The highest BCUT2D eigenvalue weighted by Gasteiger charge is 2.47. The number of hydrogen-bond donors (Lipinski definition) is 4. The smallest absolute Gasteiger partial charge is 0.405 e. The molecule has 0 spiro atoms. The summed E-state index contributed by atoms with van der Waals surface area (Å²) in [7, 11) is 0. The largest absolute Gasteiger partial charge is 0.465 e. The molecule has 3 fully saturated rings. The maximum Gasteiger partial charge on any atom is 0.405 e. The number of carbonyl (C=O) groups is 5. The van der Waals surface area contributed by atoms with Crippen LogP contribution in [0.3, 0.4) is 0 Å². The molecule has 4 N–H and O–H groups in total. The summed E-state index contributed by atoms with van der Waals surface area (Å²) in [6, 6.07) is -3.88. The normalized spacial score (nSPS) is 25.1. The van der Waals surface area contributed by atoms with Crippen LogP contribution < -0.4 is 16.0 Å². The van der Waals surface area contributed by atoms with Crippen molar-refractivity contribution in [1.29, 1.82) is 0 Å². The number of nitrogens with one attached hydrogen (secondary N) is 3. The number of carbonyl (C=O) groups excluding carboxylic acids is 4. The Morgan fingerprint density at radius 1 is 1.03 bits per heavy atom. The lowest BCUT2D eigenvalue weighted by atomic mass is 9.85. The highest BCUT2D eigenvalue weighted by Crippen LogP contribution is 2.35. The van der Waals surface area contributed by atoms with E-state index in [4.69, 9.17) is 4.74 Å². The average Bonchev–Trinajstić information content (AvgIpc) is 3.29. The van der Waals surface area contributed by atoms with E-state index in [0.717, 1.165) is 6.42 Å². The molecule has 3 aliphatic rings. The molecule has 0 radical (unpaired) electrons. The maximum absolute atomic E-state index is 13.7. The Labute approximate surface area is 226 Å². The first kappa shape index (κ1) is 30.7. The molecule has 0 aromatic heterocycles. The van der Waals surface area contributed by atoms with Crippen molar-refractivity contribution in [2.45, 2.75) is 96.3 Å². The first-order chi connectivity index (χ1) is 18.1. The van der Waals surface area contributed by atoms with Crippen molar-refractivity contribution in [2.24, 2.45) is 17.3 Å². The topological polar surface area (TPSA) is 154 Å². The van der Waals surface area contributed by atoms with Gasteiger partial charge in [-0.2, -0.15) is 0 Å². The third-order valence-corrected chi connectivity index (χ3v) is 7.57. The zero-order valence-corrected chi connectivity index (χ0v) is 22.9. The summed E-state index contributed by atoms with van der Waals surface area (Å²) >= 11 is 0. The average molecular weight is 559 g/mol. The van der Waals surface area contributed by atoms with Gasteiger partial charge in [0.1, 0.15) is 12.1 Å². The summed E-state index contributed by atoms with van der Waals surface area (Å²) < 4.78 is 32.8. The van der Waals surface area contributed by atoms with Gasteiger partial charge in [0.05, 0.1) is 6.04 Å². The van der Waals surface area contributed by atoms with E-state index in [1.807, 2.05) is 0 Å². The molecule has 39 heavy (non-hydrogen) atoms. The molecule has 1 aliphatic carbocycles. The van der Waals surface area contributed by atoms with Crippen molar-refractivity contribution in [3.05, 3.63) is 0 Å². The predicted molar refractivity (Wildman–Crippen MR) is 135 cm³/mol. The second kappa shape index (κ2) is 12.1. The third kappa shape index (κ3) is 8.58. The molecular formula is C26H40F2N4O7. The van der Waals surface area contributed by atoms with E-state index < -0.39 is 71.9 Å². The second-order valence-corrected chi connectivity index (χ2v) is 12.2.